The molecule has 1 aliphatic rings. The molecule has 3 aromatic carbocycles. The third-order valence-electron chi connectivity index (χ3n) is 6.36. The highest BCUT2D eigenvalue weighted by atomic mass is 16.5. The van der Waals surface area contributed by atoms with Crippen molar-refractivity contribution in [3.8, 4) is 34.1 Å². The summed E-state index contributed by atoms with van der Waals surface area (Å²) in [6.07, 6.45) is 2.54. The van der Waals surface area contributed by atoms with Crippen LogP contribution in [0, 0.1) is 6.92 Å². The van der Waals surface area contributed by atoms with Crippen molar-refractivity contribution in [1.82, 2.24) is 0 Å². The lowest BCUT2D eigenvalue weighted by Gasteiger charge is -2.15. The standard InChI is InChI=1S/C30H30O6/c1-4-6-21-15-24-27(17-26(21)35-18-20-7-10-23(32-3)11-8-20)36-19(2)29(30(24)31)22-9-12-25-28(16-22)34-14-5-13-33-25/h7-12,15-17H,4-6,13-14,18H2,1-3H3. The lowest BCUT2D eigenvalue weighted by Crippen LogP contribution is -2.09. The van der Waals surface area contributed by atoms with Gasteiger partial charge < -0.3 is 23.4 Å². The minimum absolute atomic E-state index is 0.0673. The highest BCUT2D eigenvalue weighted by Crippen LogP contribution is 2.36. The van der Waals surface area contributed by atoms with E-state index < -0.39 is 0 Å². The molecule has 0 unspecified atom stereocenters. The Balaban J connectivity index is 1.52. The molecular weight excluding hydrogens is 456 g/mol. The van der Waals surface area contributed by atoms with Gasteiger partial charge in [0.1, 0.15) is 29.4 Å². The number of rotatable bonds is 7. The molecule has 0 aliphatic carbocycles. The maximum Gasteiger partial charge on any atom is 0.200 e. The number of hydrogen-bond donors (Lipinski definition) is 0. The van der Waals surface area contributed by atoms with Gasteiger partial charge >= 0.3 is 0 Å². The fourth-order valence-electron chi connectivity index (χ4n) is 4.51. The Kier molecular flexibility index (Phi) is 6.85. The fourth-order valence-corrected chi connectivity index (χ4v) is 4.51. The van der Waals surface area contributed by atoms with Crippen molar-refractivity contribution in [2.45, 2.75) is 39.7 Å². The summed E-state index contributed by atoms with van der Waals surface area (Å²) in [5.41, 5.74) is 3.75. The summed E-state index contributed by atoms with van der Waals surface area (Å²) in [7, 11) is 1.65. The van der Waals surface area contributed by atoms with Crippen LogP contribution >= 0.6 is 0 Å². The number of fused-ring (bicyclic) bond motifs is 2. The molecule has 0 radical (unpaired) electrons. The Morgan fingerprint density at radius 2 is 1.72 bits per heavy atom. The normalized spacial score (nSPS) is 12.9. The Labute approximate surface area is 210 Å². The molecule has 4 aromatic rings. The zero-order valence-electron chi connectivity index (χ0n) is 20.9. The van der Waals surface area contributed by atoms with E-state index in [1.54, 1.807) is 7.11 Å². The second-order valence-electron chi connectivity index (χ2n) is 8.92. The molecule has 186 valence electrons. The molecule has 0 saturated carbocycles. The third-order valence-corrected chi connectivity index (χ3v) is 6.36. The highest BCUT2D eigenvalue weighted by Gasteiger charge is 2.19. The monoisotopic (exact) mass is 486 g/mol. The van der Waals surface area contributed by atoms with Crippen LogP contribution in [0.25, 0.3) is 22.1 Å². The average molecular weight is 487 g/mol. The number of benzene rings is 3. The zero-order valence-corrected chi connectivity index (χ0v) is 20.9. The smallest absolute Gasteiger partial charge is 0.200 e. The van der Waals surface area contributed by atoms with Gasteiger partial charge in [-0.25, -0.2) is 0 Å². The van der Waals surface area contributed by atoms with Gasteiger partial charge in [-0.15, -0.1) is 0 Å². The van der Waals surface area contributed by atoms with Gasteiger partial charge in [-0.1, -0.05) is 31.5 Å². The van der Waals surface area contributed by atoms with Crippen molar-refractivity contribution in [3.05, 3.63) is 81.7 Å². The minimum atomic E-state index is -0.0673. The van der Waals surface area contributed by atoms with Crippen molar-refractivity contribution in [1.29, 1.82) is 0 Å². The topological polar surface area (TPSA) is 67.1 Å². The molecule has 0 saturated heterocycles. The van der Waals surface area contributed by atoms with Crippen molar-refractivity contribution < 1.29 is 23.4 Å². The van der Waals surface area contributed by atoms with Crippen molar-refractivity contribution in [2.24, 2.45) is 0 Å². The van der Waals surface area contributed by atoms with Crippen LogP contribution in [0.1, 0.15) is 36.7 Å². The first-order valence-corrected chi connectivity index (χ1v) is 12.3. The van der Waals surface area contributed by atoms with Gasteiger partial charge in [-0.3, -0.25) is 4.79 Å². The Morgan fingerprint density at radius 1 is 0.944 bits per heavy atom. The van der Waals surface area contributed by atoms with Crippen LogP contribution in [0.3, 0.4) is 0 Å². The number of methoxy groups -OCH3 is 1. The van der Waals surface area contributed by atoms with E-state index in [-0.39, 0.29) is 5.43 Å². The molecule has 0 fully saturated rings. The Hall–Kier alpha value is -3.93. The van der Waals surface area contributed by atoms with Crippen molar-refractivity contribution >= 4 is 11.0 Å². The Bertz CT molecular complexity index is 1440. The van der Waals surface area contributed by atoms with Crippen LogP contribution < -0.4 is 24.4 Å². The van der Waals surface area contributed by atoms with Crippen LogP contribution in [0.5, 0.6) is 23.0 Å². The van der Waals surface area contributed by atoms with Crippen LogP contribution in [-0.4, -0.2) is 20.3 Å². The fraction of sp³-hybridized carbons (Fsp3) is 0.300. The summed E-state index contributed by atoms with van der Waals surface area (Å²) in [5, 5.41) is 0.544. The lowest BCUT2D eigenvalue weighted by molar-refractivity contribution is 0.297. The molecule has 0 N–H and O–H groups in total. The molecule has 6 nitrogen and oxygen atoms in total. The molecule has 1 aliphatic heterocycles. The molecule has 0 amide bonds. The molecule has 5 rings (SSSR count). The predicted molar refractivity (Wildman–Crippen MR) is 140 cm³/mol. The summed E-state index contributed by atoms with van der Waals surface area (Å²) in [6, 6.07) is 17.2. The van der Waals surface area contributed by atoms with Gasteiger partial charge in [-0.05, 0) is 60.4 Å². The number of aryl methyl sites for hydroxylation is 2. The Morgan fingerprint density at radius 3 is 2.47 bits per heavy atom. The summed E-state index contributed by atoms with van der Waals surface area (Å²) in [4.78, 5) is 13.7. The molecule has 36 heavy (non-hydrogen) atoms. The van der Waals surface area contributed by atoms with Crippen molar-refractivity contribution in [2.75, 3.05) is 20.3 Å². The van der Waals surface area contributed by atoms with E-state index in [0.29, 0.717) is 53.6 Å². The largest absolute Gasteiger partial charge is 0.497 e. The molecule has 0 spiro atoms. The van der Waals surface area contributed by atoms with E-state index in [2.05, 4.69) is 6.92 Å². The average Bonchev–Trinajstić information content (AvgIpc) is 3.13. The third kappa shape index (κ3) is 4.76. The quantitative estimate of drug-likeness (QED) is 0.298. The van der Waals surface area contributed by atoms with Crippen LogP contribution in [0.15, 0.2) is 63.8 Å². The first kappa shape index (κ1) is 23.8. The second-order valence-corrected chi connectivity index (χ2v) is 8.92. The van der Waals surface area contributed by atoms with Gasteiger partial charge in [0.25, 0.3) is 0 Å². The molecule has 6 heteroatoms. The van der Waals surface area contributed by atoms with Gasteiger partial charge in [0.15, 0.2) is 11.5 Å². The molecule has 0 atom stereocenters. The summed E-state index contributed by atoms with van der Waals surface area (Å²) in [5.74, 6) is 3.43. The van der Waals surface area contributed by atoms with E-state index in [1.807, 2.05) is 61.5 Å². The second kappa shape index (κ2) is 10.4. The van der Waals surface area contributed by atoms with Gasteiger partial charge in [0.2, 0.25) is 5.43 Å². The van der Waals surface area contributed by atoms with Gasteiger partial charge in [0.05, 0.1) is 31.3 Å². The number of hydrogen-bond acceptors (Lipinski definition) is 6. The molecule has 2 heterocycles. The summed E-state index contributed by atoms with van der Waals surface area (Å²) >= 11 is 0. The predicted octanol–water partition coefficient (Wildman–Crippen LogP) is 6.47. The van der Waals surface area contributed by atoms with Gasteiger partial charge in [-0.2, -0.15) is 0 Å². The van der Waals surface area contributed by atoms with E-state index in [9.17, 15) is 4.79 Å². The van der Waals surface area contributed by atoms with Crippen LogP contribution in [0.2, 0.25) is 0 Å². The number of ether oxygens (including phenoxy) is 4. The maximum atomic E-state index is 13.7. The molecular formula is C30H30O6. The summed E-state index contributed by atoms with van der Waals surface area (Å²) in [6.45, 7) is 5.54. The van der Waals surface area contributed by atoms with Gasteiger partial charge in [0, 0.05) is 12.5 Å². The van der Waals surface area contributed by atoms with Crippen molar-refractivity contribution in [3.63, 3.8) is 0 Å². The molecule has 1 aromatic heterocycles. The van der Waals surface area contributed by atoms with Crippen LogP contribution in [0.4, 0.5) is 0 Å². The SMILES string of the molecule is CCCc1cc2c(=O)c(-c3ccc4c(c3)OCCCO4)c(C)oc2cc1OCc1ccc(OC)cc1. The highest BCUT2D eigenvalue weighted by molar-refractivity contribution is 5.85. The van der Waals surface area contributed by atoms with E-state index in [4.69, 9.17) is 23.4 Å². The lowest BCUT2D eigenvalue weighted by atomic mass is 10.00. The van der Waals surface area contributed by atoms with E-state index >= 15 is 0 Å². The first-order chi connectivity index (χ1) is 17.6. The zero-order chi connectivity index (χ0) is 25.1. The molecule has 0 bridgehead atoms. The minimum Gasteiger partial charge on any atom is -0.497 e. The van der Waals surface area contributed by atoms with Crippen LogP contribution in [-0.2, 0) is 13.0 Å². The van der Waals surface area contributed by atoms with E-state index in [0.717, 1.165) is 47.5 Å². The first-order valence-electron chi connectivity index (χ1n) is 12.3. The maximum absolute atomic E-state index is 13.7. The summed E-state index contributed by atoms with van der Waals surface area (Å²) < 4.78 is 29.2. The van der Waals surface area contributed by atoms with E-state index in [1.165, 1.54) is 0 Å².